The van der Waals surface area contributed by atoms with Crippen LogP contribution in [0.4, 0.5) is 10.5 Å². The van der Waals surface area contributed by atoms with Gasteiger partial charge in [0.2, 0.25) is 0 Å². The smallest absolute Gasteiger partial charge is 0.319 e. The Morgan fingerprint density at radius 3 is 2.81 bits per heavy atom. The molecule has 3 nitrogen and oxygen atoms in total. The number of amides is 2. The molecule has 1 rings (SSSR count). The van der Waals surface area contributed by atoms with Gasteiger partial charge in [-0.2, -0.15) is 0 Å². The van der Waals surface area contributed by atoms with E-state index in [4.69, 9.17) is 0 Å². The van der Waals surface area contributed by atoms with Crippen LogP contribution in [0.15, 0.2) is 22.7 Å². The van der Waals surface area contributed by atoms with Gasteiger partial charge < -0.3 is 10.6 Å². The molecule has 0 aliphatic carbocycles. The molecule has 0 fully saturated rings. The number of carbonyl (C=O) groups excluding carboxylic acids is 1. The molecule has 88 valence electrons. The number of carbonyl (C=O) groups is 1. The second kappa shape index (κ2) is 6.53. The Bertz CT molecular complexity index is 366. The molecule has 0 bridgehead atoms. The van der Waals surface area contributed by atoms with E-state index in [0.717, 1.165) is 28.6 Å². The summed E-state index contributed by atoms with van der Waals surface area (Å²) in [5, 5.41) is 5.60. The molecule has 0 aromatic heterocycles. The molecule has 2 amide bonds. The van der Waals surface area contributed by atoms with Gasteiger partial charge in [0.15, 0.2) is 0 Å². The lowest BCUT2D eigenvalue weighted by atomic mass is 10.2. The van der Waals surface area contributed by atoms with E-state index in [9.17, 15) is 4.79 Å². The first kappa shape index (κ1) is 13.0. The maximum Gasteiger partial charge on any atom is 0.319 e. The molecule has 0 unspecified atom stereocenters. The van der Waals surface area contributed by atoms with Crippen LogP contribution in [0.3, 0.4) is 0 Å². The Labute approximate surface area is 105 Å². The molecule has 1 aromatic carbocycles. The first-order chi connectivity index (χ1) is 7.63. The third-order valence-corrected chi connectivity index (χ3v) is 2.84. The zero-order valence-corrected chi connectivity index (χ0v) is 11.2. The van der Waals surface area contributed by atoms with E-state index in [1.807, 2.05) is 25.1 Å². The SMILES string of the molecule is CCCCNC(=O)Nc1ccc(C)cc1Br. The predicted octanol–water partition coefficient (Wildman–Crippen LogP) is 3.68. The molecule has 0 aliphatic heterocycles. The van der Waals surface area contributed by atoms with Crippen molar-refractivity contribution in [2.24, 2.45) is 0 Å². The van der Waals surface area contributed by atoms with Crippen molar-refractivity contribution in [2.75, 3.05) is 11.9 Å². The van der Waals surface area contributed by atoms with Crippen molar-refractivity contribution in [3.05, 3.63) is 28.2 Å². The summed E-state index contributed by atoms with van der Waals surface area (Å²) >= 11 is 3.41. The number of urea groups is 1. The first-order valence-corrected chi connectivity index (χ1v) is 6.23. The normalized spacial score (nSPS) is 9.94. The van der Waals surface area contributed by atoms with Gasteiger partial charge in [-0.15, -0.1) is 0 Å². The van der Waals surface area contributed by atoms with Crippen molar-refractivity contribution in [2.45, 2.75) is 26.7 Å². The van der Waals surface area contributed by atoms with Crippen LogP contribution < -0.4 is 10.6 Å². The lowest BCUT2D eigenvalue weighted by Gasteiger charge is -2.09. The van der Waals surface area contributed by atoms with Gasteiger partial charge in [-0.1, -0.05) is 19.4 Å². The number of halogens is 1. The lowest BCUT2D eigenvalue weighted by Crippen LogP contribution is -2.29. The van der Waals surface area contributed by atoms with Crippen molar-refractivity contribution in [1.82, 2.24) is 5.32 Å². The number of unbranched alkanes of at least 4 members (excludes halogenated alkanes) is 1. The number of aryl methyl sites for hydroxylation is 1. The number of hydrogen-bond donors (Lipinski definition) is 2. The number of anilines is 1. The highest BCUT2D eigenvalue weighted by atomic mass is 79.9. The summed E-state index contributed by atoms with van der Waals surface area (Å²) in [7, 11) is 0. The monoisotopic (exact) mass is 284 g/mol. The van der Waals surface area contributed by atoms with Crippen molar-refractivity contribution in [1.29, 1.82) is 0 Å². The van der Waals surface area contributed by atoms with Crippen molar-refractivity contribution in [3.8, 4) is 0 Å². The molecular weight excluding hydrogens is 268 g/mol. The van der Waals surface area contributed by atoms with E-state index in [-0.39, 0.29) is 6.03 Å². The van der Waals surface area contributed by atoms with E-state index in [0.29, 0.717) is 6.54 Å². The maximum absolute atomic E-state index is 11.5. The molecule has 0 radical (unpaired) electrons. The minimum Gasteiger partial charge on any atom is -0.338 e. The second-order valence-electron chi connectivity index (χ2n) is 3.72. The maximum atomic E-state index is 11.5. The Balaban J connectivity index is 2.49. The van der Waals surface area contributed by atoms with Crippen LogP contribution >= 0.6 is 15.9 Å². The van der Waals surface area contributed by atoms with Crippen LogP contribution in [0, 0.1) is 6.92 Å². The predicted molar refractivity (Wildman–Crippen MR) is 70.8 cm³/mol. The van der Waals surface area contributed by atoms with Gasteiger partial charge in [0, 0.05) is 11.0 Å². The molecule has 0 aliphatic rings. The Morgan fingerprint density at radius 2 is 2.19 bits per heavy atom. The number of nitrogens with one attached hydrogen (secondary N) is 2. The summed E-state index contributed by atoms with van der Waals surface area (Å²) in [5.74, 6) is 0. The fraction of sp³-hybridized carbons (Fsp3) is 0.417. The van der Waals surface area contributed by atoms with E-state index in [1.165, 1.54) is 0 Å². The number of rotatable bonds is 4. The van der Waals surface area contributed by atoms with E-state index in [2.05, 4.69) is 33.5 Å². The molecule has 4 heteroatoms. The highest BCUT2D eigenvalue weighted by molar-refractivity contribution is 9.10. The first-order valence-electron chi connectivity index (χ1n) is 5.44. The summed E-state index contributed by atoms with van der Waals surface area (Å²) in [6.45, 7) is 4.82. The summed E-state index contributed by atoms with van der Waals surface area (Å²) in [5.41, 5.74) is 1.95. The van der Waals surface area contributed by atoms with Crippen LogP contribution in [-0.2, 0) is 0 Å². The van der Waals surface area contributed by atoms with E-state index < -0.39 is 0 Å². The molecule has 0 heterocycles. The van der Waals surface area contributed by atoms with Gasteiger partial charge in [-0.25, -0.2) is 4.79 Å². The molecule has 0 atom stereocenters. The van der Waals surface area contributed by atoms with Gasteiger partial charge in [-0.05, 0) is 47.0 Å². The molecule has 0 saturated heterocycles. The molecule has 2 N–H and O–H groups in total. The van der Waals surface area contributed by atoms with Gasteiger partial charge in [0.1, 0.15) is 0 Å². The third kappa shape index (κ3) is 4.23. The molecule has 16 heavy (non-hydrogen) atoms. The molecule has 0 saturated carbocycles. The Morgan fingerprint density at radius 1 is 1.44 bits per heavy atom. The van der Waals surface area contributed by atoms with Crippen LogP contribution in [-0.4, -0.2) is 12.6 Å². The average molecular weight is 285 g/mol. The fourth-order valence-corrected chi connectivity index (χ4v) is 1.86. The van der Waals surface area contributed by atoms with Crippen LogP contribution in [0.1, 0.15) is 25.3 Å². The second-order valence-corrected chi connectivity index (χ2v) is 4.57. The summed E-state index contributed by atoms with van der Waals surface area (Å²) in [6.07, 6.45) is 2.08. The largest absolute Gasteiger partial charge is 0.338 e. The summed E-state index contributed by atoms with van der Waals surface area (Å²) in [6, 6.07) is 5.67. The quantitative estimate of drug-likeness (QED) is 0.814. The molecular formula is C12H17BrN2O. The fourth-order valence-electron chi connectivity index (χ4n) is 1.27. The lowest BCUT2D eigenvalue weighted by molar-refractivity contribution is 0.252. The highest BCUT2D eigenvalue weighted by Gasteiger charge is 2.04. The zero-order chi connectivity index (χ0) is 12.0. The summed E-state index contributed by atoms with van der Waals surface area (Å²) in [4.78, 5) is 11.5. The van der Waals surface area contributed by atoms with Gasteiger partial charge in [0.25, 0.3) is 0 Å². The zero-order valence-electron chi connectivity index (χ0n) is 9.64. The van der Waals surface area contributed by atoms with Crippen molar-refractivity contribution >= 4 is 27.6 Å². The van der Waals surface area contributed by atoms with Crippen molar-refractivity contribution in [3.63, 3.8) is 0 Å². The van der Waals surface area contributed by atoms with E-state index in [1.54, 1.807) is 0 Å². The Kier molecular flexibility index (Phi) is 5.32. The van der Waals surface area contributed by atoms with E-state index >= 15 is 0 Å². The van der Waals surface area contributed by atoms with Crippen molar-refractivity contribution < 1.29 is 4.79 Å². The topological polar surface area (TPSA) is 41.1 Å². The minimum atomic E-state index is -0.155. The number of benzene rings is 1. The molecule has 1 aromatic rings. The highest BCUT2D eigenvalue weighted by Crippen LogP contribution is 2.23. The Hall–Kier alpha value is -1.03. The average Bonchev–Trinajstić information content (AvgIpc) is 2.23. The minimum absolute atomic E-state index is 0.155. The third-order valence-electron chi connectivity index (χ3n) is 2.19. The number of hydrogen-bond acceptors (Lipinski definition) is 1. The van der Waals surface area contributed by atoms with Crippen LogP contribution in [0.2, 0.25) is 0 Å². The standard InChI is InChI=1S/C12H17BrN2O/c1-3-4-7-14-12(16)15-11-6-5-9(2)8-10(11)13/h5-6,8H,3-4,7H2,1-2H3,(H2,14,15,16). The molecule has 0 spiro atoms. The van der Waals surface area contributed by atoms with Gasteiger partial charge >= 0.3 is 6.03 Å². The summed E-state index contributed by atoms with van der Waals surface area (Å²) < 4.78 is 0.901. The van der Waals surface area contributed by atoms with Gasteiger partial charge in [0.05, 0.1) is 5.69 Å². The van der Waals surface area contributed by atoms with Crippen LogP contribution in [0.25, 0.3) is 0 Å². The van der Waals surface area contributed by atoms with Gasteiger partial charge in [-0.3, -0.25) is 0 Å². The van der Waals surface area contributed by atoms with Crippen LogP contribution in [0.5, 0.6) is 0 Å².